The Morgan fingerprint density at radius 2 is 1.71 bits per heavy atom. The summed E-state index contributed by atoms with van der Waals surface area (Å²) in [5, 5.41) is 2.89. The van der Waals surface area contributed by atoms with Gasteiger partial charge in [0.05, 0.1) is 5.56 Å². The fourth-order valence-electron chi connectivity index (χ4n) is 3.71. The van der Waals surface area contributed by atoms with Gasteiger partial charge in [-0.2, -0.15) is 13.2 Å². The van der Waals surface area contributed by atoms with E-state index in [0.717, 1.165) is 43.8 Å². The number of hydrogen-bond donors (Lipinski definition) is 1. The van der Waals surface area contributed by atoms with Gasteiger partial charge in [-0.1, -0.05) is 0 Å². The fourth-order valence-corrected chi connectivity index (χ4v) is 3.71. The number of amides is 1. The molecule has 180 valence electrons. The molecule has 1 aliphatic heterocycles. The first-order valence-electron chi connectivity index (χ1n) is 11.0. The minimum Gasteiger partial charge on any atom is -0.484 e. The van der Waals surface area contributed by atoms with Crippen LogP contribution in [-0.4, -0.2) is 37.3 Å². The summed E-state index contributed by atoms with van der Waals surface area (Å²) in [6.45, 7) is 3.75. The molecule has 0 spiro atoms. The van der Waals surface area contributed by atoms with Crippen LogP contribution in [-0.2, 0) is 15.7 Å². The van der Waals surface area contributed by atoms with E-state index < -0.39 is 11.7 Å². The summed E-state index contributed by atoms with van der Waals surface area (Å²) in [7, 11) is 0. The molecule has 4 rings (SSSR count). The van der Waals surface area contributed by atoms with Gasteiger partial charge in [0.1, 0.15) is 17.2 Å². The molecule has 1 fully saturated rings. The van der Waals surface area contributed by atoms with Crippen molar-refractivity contribution >= 4 is 5.91 Å². The maximum atomic E-state index is 12.8. The minimum absolute atomic E-state index is 0.0797. The largest absolute Gasteiger partial charge is 0.484 e. The van der Waals surface area contributed by atoms with Crippen LogP contribution in [0, 0.1) is 12.8 Å². The number of benzene rings is 2. The van der Waals surface area contributed by atoms with E-state index in [2.05, 4.69) is 10.3 Å². The Morgan fingerprint density at radius 3 is 2.35 bits per heavy atom. The molecule has 0 unspecified atom stereocenters. The molecule has 0 aliphatic carbocycles. The highest BCUT2D eigenvalue weighted by atomic mass is 19.4. The van der Waals surface area contributed by atoms with E-state index in [0.29, 0.717) is 35.2 Å². The van der Waals surface area contributed by atoms with E-state index >= 15 is 0 Å². The van der Waals surface area contributed by atoms with Crippen LogP contribution in [0.15, 0.2) is 52.9 Å². The lowest BCUT2D eigenvalue weighted by atomic mass is 10.0. The average Bonchev–Trinajstić information content (AvgIpc) is 3.23. The predicted octanol–water partition coefficient (Wildman–Crippen LogP) is 5.26. The Morgan fingerprint density at radius 1 is 1.06 bits per heavy atom. The van der Waals surface area contributed by atoms with Crippen LogP contribution in [0.25, 0.3) is 22.7 Å². The molecule has 1 N–H and O–H groups in total. The highest BCUT2D eigenvalue weighted by molar-refractivity contribution is 5.77. The quantitative estimate of drug-likeness (QED) is 0.506. The van der Waals surface area contributed by atoms with Crippen LogP contribution < -0.4 is 10.1 Å². The smallest absolute Gasteiger partial charge is 0.416 e. The van der Waals surface area contributed by atoms with Crippen molar-refractivity contribution in [2.45, 2.75) is 25.9 Å². The topological polar surface area (TPSA) is 73.6 Å². The van der Waals surface area contributed by atoms with Crippen molar-refractivity contribution in [2.75, 3.05) is 26.4 Å². The van der Waals surface area contributed by atoms with Crippen molar-refractivity contribution in [3.05, 3.63) is 59.9 Å². The van der Waals surface area contributed by atoms with Gasteiger partial charge in [-0.05, 0) is 74.2 Å². The number of halogens is 3. The zero-order valence-corrected chi connectivity index (χ0v) is 18.7. The molecule has 3 aromatic rings. The molecule has 2 aromatic carbocycles. The molecular formula is C25H25F3N2O4. The van der Waals surface area contributed by atoms with Gasteiger partial charge in [0.2, 0.25) is 5.89 Å². The fraction of sp³-hybridized carbons (Fsp3) is 0.360. The van der Waals surface area contributed by atoms with Crippen LogP contribution >= 0.6 is 0 Å². The maximum absolute atomic E-state index is 12.8. The number of rotatable bonds is 7. The molecule has 1 aliphatic rings. The van der Waals surface area contributed by atoms with E-state index in [1.165, 1.54) is 12.1 Å². The van der Waals surface area contributed by atoms with Crippen LogP contribution in [0.1, 0.15) is 24.2 Å². The van der Waals surface area contributed by atoms with Gasteiger partial charge in [-0.3, -0.25) is 4.79 Å². The van der Waals surface area contributed by atoms with Crippen molar-refractivity contribution in [1.82, 2.24) is 10.3 Å². The van der Waals surface area contributed by atoms with Crippen LogP contribution in [0.2, 0.25) is 0 Å². The van der Waals surface area contributed by atoms with E-state index in [1.807, 2.05) is 0 Å². The monoisotopic (exact) mass is 474 g/mol. The highest BCUT2D eigenvalue weighted by Crippen LogP contribution is 2.33. The summed E-state index contributed by atoms with van der Waals surface area (Å²) in [6.07, 6.45) is -2.50. The number of aromatic nitrogens is 1. The molecule has 0 atom stereocenters. The predicted molar refractivity (Wildman–Crippen MR) is 119 cm³/mol. The van der Waals surface area contributed by atoms with E-state index in [1.54, 1.807) is 31.2 Å². The summed E-state index contributed by atoms with van der Waals surface area (Å²) in [4.78, 5) is 16.5. The average molecular weight is 474 g/mol. The number of aryl methyl sites for hydroxylation is 1. The first-order chi connectivity index (χ1) is 16.3. The van der Waals surface area contributed by atoms with Gasteiger partial charge in [0.15, 0.2) is 6.61 Å². The minimum atomic E-state index is -4.40. The Bertz CT molecular complexity index is 1100. The standard InChI is InChI=1S/C25H25F3N2O4/c1-16-23(30-24(34-16)19-2-6-20(7-3-19)25(26,27)28)18-4-8-21(9-5-18)33-15-22(31)29-14-17-10-12-32-13-11-17/h2-9,17H,10-15H2,1H3,(H,29,31). The number of carbonyl (C=O) groups excluding carboxylic acids is 1. The number of nitrogens with one attached hydrogen (secondary N) is 1. The number of ether oxygens (including phenoxy) is 2. The first kappa shape index (κ1) is 23.8. The van der Waals surface area contributed by atoms with Gasteiger partial charge in [0, 0.05) is 30.9 Å². The molecule has 0 saturated carbocycles. The summed E-state index contributed by atoms with van der Waals surface area (Å²) >= 11 is 0. The SMILES string of the molecule is Cc1oc(-c2ccc(C(F)(F)F)cc2)nc1-c1ccc(OCC(=O)NCC2CCOCC2)cc1. The Labute approximate surface area is 195 Å². The normalized spacial score (nSPS) is 14.7. The van der Waals surface area contributed by atoms with Crippen molar-refractivity contribution in [1.29, 1.82) is 0 Å². The van der Waals surface area contributed by atoms with Crippen molar-refractivity contribution in [2.24, 2.45) is 5.92 Å². The van der Waals surface area contributed by atoms with E-state index in [-0.39, 0.29) is 18.4 Å². The third-order valence-electron chi connectivity index (χ3n) is 5.68. The number of oxazole rings is 1. The summed E-state index contributed by atoms with van der Waals surface area (Å²) in [5.41, 5.74) is 1.06. The molecule has 6 nitrogen and oxygen atoms in total. The molecule has 1 amide bonds. The molecule has 1 aromatic heterocycles. The second kappa shape index (κ2) is 10.3. The van der Waals surface area contributed by atoms with Crippen molar-refractivity contribution < 1.29 is 31.9 Å². The second-order valence-electron chi connectivity index (χ2n) is 8.17. The Kier molecular flexibility index (Phi) is 7.21. The number of hydrogen-bond acceptors (Lipinski definition) is 5. The van der Waals surface area contributed by atoms with Gasteiger partial charge >= 0.3 is 6.18 Å². The van der Waals surface area contributed by atoms with Gasteiger partial charge in [-0.25, -0.2) is 4.98 Å². The molecule has 0 radical (unpaired) electrons. The van der Waals surface area contributed by atoms with Crippen LogP contribution in [0.3, 0.4) is 0 Å². The molecule has 1 saturated heterocycles. The van der Waals surface area contributed by atoms with E-state index in [9.17, 15) is 18.0 Å². The Hall–Kier alpha value is -3.33. The molecule has 2 heterocycles. The second-order valence-corrected chi connectivity index (χ2v) is 8.17. The lowest BCUT2D eigenvalue weighted by molar-refractivity contribution is -0.137. The van der Waals surface area contributed by atoms with Gasteiger partial charge < -0.3 is 19.2 Å². The molecule has 0 bridgehead atoms. The van der Waals surface area contributed by atoms with Gasteiger partial charge in [0.25, 0.3) is 5.91 Å². The summed E-state index contributed by atoms with van der Waals surface area (Å²) in [6, 6.07) is 11.7. The zero-order chi connectivity index (χ0) is 24.1. The van der Waals surface area contributed by atoms with Crippen LogP contribution in [0.5, 0.6) is 5.75 Å². The third kappa shape index (κ3) is 5.96. The molecule has 34 heavy (non-hydrogen) atoms. The summed E-state index contributed by atoms with van der Waals surface area (Å²) in [5.74, 6) is 1.58. The molecule has 9 heteroatoms. The van der Waals surface area contributed by atoms with Crippen molar-refractivity contribution in [3.8, 4) is 28.5 Å². The maximum Gasteiger partial charge on any atom is 0.416 e. The zero-order valence-electron chi connectivity index (χ0n) is 18.7. The van der Waals surface area contributed by atoms with Gasteiger partial charge in [-0.15, -0.1) is 0 Å². The Balaban J connectivity index is 1.34. The van der Waals surface area contributed by atoms with Crippen LogP contribution in [0.4, 0.5) is 13.2 Å². The van der Waals surface area contributed by atoms with E-state index in [4.69, 9.17) is 13.9 Å². The highest BCUT2D eigenvalue weighted by Gasteiger charge is 2.30. The number of alkyl halides is 3. The number of carbonyl (C=O) groups is 1. The lowest BCUT2D eigenvalue weighted by Crippen LogP contribution is -2.35. The summed E-state index contributed by atoms with van der Waals surface area (Å²) < 4.78 is 54.9. The van der Waals surface area contributed by atoms with Crippen molar-refractivity contribution in [3.63, 3.8) is 0 Å². The lowest BCUT2D eigenvalue weighted by Gasteiger charge is -2.22. The third-order valence-corrected chi connectivity index (χ3v) is 5.68. The first-order valence-corrected chi connectivity index (χ1v) is 11.0. The molecular weight excluding hydrogens is 449 g/mol. The number of nitrogens with zero attached hydrogens (tertiary/aromatic N) is 1.